The van der Waals surface area contributed by atoms with Crippen molar-refractivity contribution in [3.8, 4) is 0 Å². The maximum Gasteiger partial charge on any atom is 0.264 e. The van der Waals surface area contributed by atoms with E-state index < -0.39 is 10.0 Å². The number of nitrogen functional groups attached to an aromatic ring is 1. The van der Waals surface area contributed by atoms with E-state index in [1.807, 2.05) is 6.07 Å². The van der Waals surface area contributed by atoms with Crippen molar-refractivity contribution in [3.63, 3.8) is 0 Å². The average molecular weight is 325 g/mol. The van der Waals surface area contributed by atoms with Crippen LogP contribution in [-0.2, 0) is 10.0 Å². The van der Waals surface area contributed by atoms with Gasteiger partial charge in [0.05, 0.1) is 21.3 Å². The topological polar surface area (TPSA) is 63.4 Å². The summed E-state index contributed by atoms with van der Waals surface area (Å²) in [4.78, 5) is 0.146. The molecule has 0 spiro atoms. The van der Waals surface area contributed by atoms with Gasteiger partial charge in [-0.3, -0.25) is 4.31 Å². The fourth-order valence-electron chi connectivity index (χ4n) is 2.12. The lowest BCUT2D eigenvalue weighted by Crippen LogP contribution is -2.30. The number of nitrogens with two attached hydrogens (primary N) is 1. The van der Waals surface area contributed by atoms with E-state index in [2.05, 4.69) is 0 Å². The molecule has 0 bridgehead atoms. The highest BCUT2D eigenvalue weighted by atomic mass is 35.5. The summed E-state index contributed by atoms with van der Waals surface area (Å²) in [6, 6.07) is 11.9. The molecule has 21 heavy (non-hydrogen) atoms. The number of benzene rings is 2. The molecule has 0 radical (unpaired) electrons. The molecule has 2 aromatic carbocycles. The lowest BCUT2D eigenvalue weighted by atomic mass is 10.2. The van der Waals surface area contributed by atoms with E-state index in [9.17, 15) is 8.42 Å². The molecular weight excluding hydrogens is 308 g/mol. The van der Waals surface area contributed by atoms with Crippen LogP contribution in [0.2, 0.25) is 5.02 Å². The normalized spacial score (nSPS) is 11.4. The van der Waals surface area contributed by atoms with Crippen LogP contribution in [0.25, 0.3) is 0 Å². The van der Waals surface area contributed by atoms with Crippen LogP contribution < -0.4 is 10.0 Å². The summed E-state index contributed by atoms with van der Waals surface area (Å²) in [7, 11) is -3.67. The first-order valence-electron chi connectivity index (χ1n) is 6.51. The molecule has 0 saturated heterocycles. The van der Waals surface area contributed by atoms with Gasteiger partial charge in [0, 0.05) is 6.54 Å². The first-order valence-corrected chi connectivity index (χ1v) is 8.33. The van der Waals surface area contributed by atoms with E-state index in [4.69, 9.17) is 17.3 Å². The minimum Gasteiger partial charge on any atom is -0.397 e. The van der Waals surface area contributed by atoms with Crippen LogP contribution in [0.5, 0.6) is 0 Å². The number of rotatable bonds is 4. The zero-order valence-corrected chi connectivity index (χ0v) is 13.4. The number of nitrogens with zero attached hydrogens (tertiary/aromatic N) is 1. The van der Waals surface area contributed by atoms with Crippen LogP contribution in [0.1, 0.15) is 12.5 Å². The quantitative estimate of drug-likeness (QED) is 0.876. The molecule has 0 aromatic heterocycles. The Morgan fingerprint density at radius 1 is 1.19 bits per heavy atom. The first kappa shape index (κ1) is 15.7. The molecule has 0 atom stereocenters. The SMILES string of the molecule is CCN(c1ccccc1)S(=O)(=O)c1cc(C)c(Cl)c(N)c1. The number of hydrogen-bond acceptors (Lipinski definition) is 3. The predicted molar refractivity (Wildman–Crippen MR) is 87.2 cm³/mol. The largest absolute Gasteiger partial charge is 0.397 e. The lowest BCUT2D eigenvalue weighted by Gasteiger charge is -2.23. The average Bonchev–Trinajstić information content (AvgIpc) is 2.45. The fraction of sp³-hybridized carbons (Fsp3) is 0.200. The van der Waals surface area contributed by atoms with Gasteiger partial charge in [0.1, 0.15) is 0 Å². The number of anilines is 2. The van der Waals surface area contributed by atoms with E-state index >= 15 is 0 Å². The maximum absolute atomic E-state index is 12.8. The number of aryl methyl sites for hydroxylation is 1. The minimum atomic E-state index is -3.67. The van der Waals surface area contributed by atoms with Gasteiger partial charge < -0.3 is 5.73 Å². The number of para-hydroxylation sites is 1. The molecule has 2 N–H and O–H groups in total. The summed E-state index contributed by atoms with van der Waals surface area (Å²) in [6.45, 7) is 3.85. The van der Waals surface area contributed by atoms with Gasteiger partial charge in [-0.05, 0) is 43.7 Å². The molecule has 0 unspecified atom stereocenters. The fourth-order valence-corrected chi connectivity index (χ4v) is 3.83. The summed E-state index contributed by atoms with van der Waals surface area (Å²) in [6.07, 6.45) is 0. The van der Waals surface area contributed by atoms with Crippen molar-refractivity contribution in [2.24, 2.45) is 0 Å². The second-order valence-electron chi connectivity index (χ2n) is 4.65. The molecule has 2 rings (SSSR count). The molecule has 112 valence electrons. The van der Waals surface area contributed by atoms with Crippen molar-refractivity contribution < 1.29 is 8.42 Å². The zero-order valence-electron chi connectivity index (χ0n) is 11.9. The molecule has 0 aliphatic carbocycles. The summed E-state index contributed by atoms with van der Waals surface area (Å²) < 4.78 is 27.0. The third kappa shape index (κ3) is 2.99. The van der Waals surface area contributed by atoms with Crippen LogP contribution >= 0.6 is 11.6 Å². The molecule has 2 aromatic rings. The Morgan fingerprint density at radius 3 is 2.33 bits per heavy atom. The number of halogens is 1. The zero-order chi connectivity index (χ0) is 15.6. The minimum absolute atomic E-state index is 0.146. The van der Waals surface area contributed by atoms with Crippen molar-refractivity contribution in [2.45, 2.75) is 18.7 Å². The molecule has 0 heterocycles. The second-order valence-corrected chi connectivity index (χ2v) is 6.89. The molecule has 6 heteroatoms. The molecule has 0 saturated carbocycles. The monoisotopic (exact) mass is 324 g/mol. The highest BCUT2D eigenvalue weighted by Crippen LogP contribution is 2.30. The van der Waals surface area contributed by atoms with E-state index in [1.165, 1.54) is 10.4 Å². The number of hydrogen-bond donors (Lipinski definition) is 1. The third-order valence-corrected chi connectivity index (χ3v) is 5.57. The molecular formula is C15H17ClN2O2S. The van der Waals surface area contributed by atoms with Gasteiger partial charge in [-0.25, -0.2) is 8.42 Å². The van der Waals surface area contributed by atoms with Crippen LogP contribution in [0, 0.1) is 6.92 Å². The van der Waals surface area contributed by atoms with Crippen molar-refractivity contribution in [3.05, 3.63) is 53.1 Å². The van der Waals surface area contributed by atoms with Gasteiger partial charge in [0.25, 0.3) is 10.0 Å². The van der Waals surface area contributed by atoms with E-state index in [-0.39, 0.29) is 10.6 Å². The van der Waals surface area contributed by atoms with Gasteiger partial charge in [0.2, 0.25) is 0 Å². The van der Waals surface area contributed by atoms with Crippen molar-refractivity contribution >= 4 is 33.0 Å². The third-order valence-electron chi connectivity index (χ3n) is 3.18. The van der Waals surface area contributed by atoms with Crippen LogP contribution in [-0.4, -0.2) is 15.0 Å². The molecule has 0 aliphatic rings. The molecule has 0 fully saturated rings. The Balaban J connectivity index is 2.55. The second kappa shape index (κ2) is 5.95. The van der Waals surface area contributed by atoms with E-state index in [1.54, 1.807) is 44.2 Å². The van der Waals surface area contributed by atoms with E-state index in [0.717, 1.165) is 0 Å². The van der Waals surface area contributed by atoms with Crippen LogP contribution in [0.4, 0.5) is 11.4 Å². The highest BCUT2D eigenvalue weighted by Gasteiger charge is 2.24. The number of sulfonamides is 1. The molecule has 0 amide bonds. The van der Waals surface area contributed by atoms with Crippen LogP contribution in [0.3, 0.4) is 0 Å². The van der Waals surface area contributed by atoms with Gasteiger partial charge >= 0.3 is 0 Å². The summed E-state index contributed by atoms with van der Waals surface area (Å²) in [5, 5.41) is 0.386. The lowest BCUT2D eigenvalue weighted by molar-refractivity contribution is 0.592. The smallest absolute Gasteiger partial charge is 0.264 e. The first-order chi connectivity index (χ1) is 9.87. The maximum atomic E-state index is 12.8. The van der Waals surface area contributed by atoms with Crippen molar-refractivity contribution in [2.75, 3.05) is 16.6 Å². The van der Waals surface area contributed by atoms with Crippen molar-refractivity contribution in [1.82, 2.24) is 0 Å². The molecule has 0 aliphatic heterocycles. The van der Waals surface area contributed by atoms with Gasteiger partial charge in [-0.2, -0.15) is 0 Å². The van der Waals surface area contributed by atoms with Crippen LogP contribution in [0.15, 0.2) is 47.4 Å². The highest BCUT2D eigenvalue weighted by molar-refractivity contribution is 7.92. The summed E-state index contributed by atoms with van der Waals surface area (Å²) in [5.41, 5.74) is 7.30. The predicted octanol–water partition coefficient (Wildman–Crippen LogP) is 3.45. The Hall–Kier alpha value is -1.72. The van der Waals surface area contributed by atoms with Gasteiger partial charge in [-0.15, -0.1) is 0 Å². The van der Waals surface area contributed by atoms with Gasteiger partial charge in [-0.1, -0.05) is 29.8 Å². The Kier molecular flexibility index (Phi) is 4.44. The molecule has 4 nitrogen and oxygen atoms in total. The van der Waals surface area contributed by atoms with Crippen molar-refractivity contribution in [1.29, 1.82) is 0 Å². The standard InChI is InChI=1S/C15H17ClN2O2S/c1-3-18(12-7-5-4-6-8-12)21(19,20)13-9-11(2)15(16)14(17)10-13/h4-10H,3,17H2,1-2H3. The summed E-state index contributed by atoms with van der Waals surface area (Å²) >= 11 is 6.00. The van der Waals surface area contributed by atoms with Gasteiger partial charge in [0.15, 0.2) is 0 Å². The summed E-state index contributed by atoms with van der Waals surface area (Å²) in [5.74, 6) is 0. The van der Waals surface area contributed by atoms with E-state index in [0.29, 0.717) is 22.8 Å². The Labute approximate surface area is 130 Å². The Bertz CT molecular complexity index is 723. The Morgan fingerprint density at radius 2 is 1.81 bits per heavy atom.